The van der Waals surface area contributed by atoms with Gasteiger partial charge in [0.2, 0.25) is 0 Å². The molecule has 0 radical (unpaired) electrons. The molecule has 30 heavy (non-hydrogen) atoms. The Morgan fingerprint density at radius 3 is 2.67 bits per heavy atom. The Bertz CT molecular complexity index is 1090. The number of rotatable bonds is 8. The minimum Gasteiger partial charge on any atom is -0.493 e. The number of ether oxygens (including phenoxy) is 2. The highest BCUT2D eigenvalue weighted by molar-refractivity contribution is 9.10. The van der Waals surface area contributed by atoms with Gasteiger partial charge in [0.1, 0.15) is 13.2 Å². The van der Waals surface area contributed by atoms with Crippen LogP contribution in [0.15, 0.2) is 70.3 Å². The van der Waals surface area contributed by atoms with Gasteiger partial charge in [-0.2, -0.15) is 5.26 Å². The lowest BCUT2D eigenvalue weighted by atomic mass is 10.1. The van der Waals surface area contributed by atoms with Crippen LogP contribution in [0.1, 0.15) is 27.8 Å². The first-order valence-electron chi connectivity index (χ1n) is 9.30. The highest BCUT2D eigenvalue weighted by atomic mass is 79.9. The molecule has 0 aromatic heterocycles. The van der Waals surface area contributed by atoms with E-state index in [1.165, 1.54) is 5.56 Å². The Balaban J connectivity index is 1.67. The van der Waals surface area contributed by atoms with E-state index in [2.05, 4.69) is 46.2 Å². The van der Waals surface area contributed by atoms with Gasteiger partial charge in [-0.25, -0.2) is 0 Å². The van der Waals surface area contributed by atoms with Crippen LogP contribution in [-0.2, 0) is 18.1 Å². The van der Waals surface area contributed by atoms with Gasteiger partial charge < -0.3 is 14.3 Å². The summed E-state index contributed by atoms with van der Waals surface area (Å²) in [5.74, 6) is 1.22. The van der Waals surface area contributed by atoms with Crippen molar-refractivity contribution in [2.45, 2.75) is 20.1 Å². The number of benzene rings is 3. The predicted molar refractivity (Wildman–Crippen MR) is 120 cm³/mol. The van der Waals surface area contributed by atoms with E-state index in [1.54, 1.807) is 19.4 Å². The number of halogens is 1. The molecule has 0 aliphatic carbocycles. The molecule has 0 heterocycles. The maximum Gasteiger partial charge on any atom is 0.175 e. The number of hydrogen-bond donors (Lipinski definition) is 0. The second-order valence-corrected chi connectivity index (χ2v) is 7.44. The summed E-state index contributed by atoms with van der Waals surface area (Å²) in [6, 6.07) is 21.3. The van der Waals surface area contributed by atoms with Crippen molar-refractivity contribution in [2.75, 3.05) is 7.11 Å². The zero-order chi connectivity index (χ0) is 21.3. The molecule has 3 aromatic carbocycles. The van der Waals surface area contributed by atoms with Crippen LogP contribution in [0.5, 0.6) is 11.5 Å². The van der Waals surface area contributed by atoms with E-state index >= 15 is 0 Å². The third-order valence-electron chi connectivity index (χ3n) is 4.35. The van der Waals surface area contributed by atoms with Gasteiger partial charge in [0.15, 0.2) is 11.5 Å². The van der Waals surface area contributed by atoms with E-state index < -0.39 is 0 Å². The van der Waals surface area contributed by atoms with Gasteiger partial charge >= 0.3 is 0 Å². The standard InChI is InChI=1S/C24H21BrN2O3/c1-17-6-5-7-18(10-17)15-29-24-22(25)11-19(12-23(24)28-2)14-27-30-16-21-9-4-3-8-20(21)13-26/h3-12,14H,15-16H2,1-2H3/b27-14-. The third kappa shape index (κ3) is 5.62. The fourth-order valence-corrected chi connectivity index (χ4v) is 3.45. The SMILES string of the molecule is COc1cc(/C=N\OCc2ccccc2C#N)cc(Br)c1OCc1cccc(C)c1. The molecule has 0 N–H and O–H groups in total. The summed E-state index contributed by atoms with van der Waals surface area (Å²) in [5.41, 5.74) is 4.42. The summed E-state index contributed by atoms with van der Waals surface area (Å²) in [6.07, 6.45) is 1.59. The molecule has 3 aromatic rings. The number of hydrogen-bond acceptors (Lipinski definition) is 5. The highest BCUT2D eigenvalue weighted by Gasteiger charge is 2.12. The molecular formula is C24H21BrN2O3. The van der Waals surface area contributed by atoms with Gasteiger partial charge in [-0.1, -0.05) is 53.2 Å². The number of nitriles is 1. The van der Waals surface area contributed by atoms with Gasteiger partial charge in [-0.05, 0) is 46.6 Å². The van der Waals surface area contributed by atoms with Crippen LogP contribution in [0.25, 0.3) is 0 Å². The monoisotopic (exact) mass is 464 g/mol. The smallest absolute Gasteiger partial charge is 0.175 e. The van der Waals surface area contributed by atoms with Crippen molar-refractivity contribution in [3.8, 4) is 17.6 Å². The summed E-state index contributed by atoms with van der Waals surface area (Å²) in [5, 5.41) is 13.1. The quantitative estimate of drug-likeness (QED) is 0.313. The normalized spacial score (nSPS) is 10.6. The minimum atomic E-state index is 0.218. The summed E-state index contributed by atoms with van der Waals surface area (Å²) in [6.45, 7) is 2.71. The average Bonchev–Trinajstić information content (AvgIpc) is 2.76. The van der Waals surface area contributed by atoms with E-state index in [9.17, 15) is 0 Å². The molecule has 0 saturated heterocycles. The van der Waals surface area contributed by atoms with Gasteiger partial charge in [0.05, 0.1) is 29.4 Å². The molecule has 3 rings (SSSR count). The van der Waals surface area contributed by atoms with E-state index in [0.717, 1.165) is 21.2 Å². The first-order valence-corrected chi connectivity index (χ1v) is 10.1. The van der Waals surface area contributed by atoms with Crippen LogP contribution in [0.3, 0.4) is 0 Å². The fourth-order valence-electron chi connectivity index (χ4n) is 2.87. The van der Waals surface area contributed by atoms with Crippen molar-refractivity contribution in [3.05, 3.63) is 93.0 Å². The van der Waals surface area contributed by atoms with Crippen LogP contribution >= 0.6 is 15.9 Å². The molecule has 0 unspecified atom stereocenters. The molecule has 6 heteroatoms. The summed E-state index contributed by atoms with van der Waals surface area (Å²) in [4.78, 5) is 5.36. The molecule has 0 aliphatic rings. The second-order valence-electron chi connectivity index (χ2n) is 6.59. The third-order valence-corrected chi connectivity index (χ3v) is 4.94. The van der Waals surface area contributed by atoms with Crippen molar-refractivity contribution in [3.63, 3.8) is 0 Å². The van der Waals surface area contributed by atoms with Crippen LogP contribution in [-0.4, -0.2) is 13.3 Å². The lowest BCUT2D eigenvalue weighted by molar-refractivity contribution is 0.132. The number of aryl methyl sites for hydroxylation is 1. The molecule has 0 bridgehead atoms. The summed E-state index contributed by atoms with van der Waals surface area (Å²) < 4.78 is 12.2. The predicted octanol–water partition coefficient (Wildman–Crippen LogP) is 5.77. The summed E-state index contributed by atoms with van der Waals surface area (Å²) in [7, 11) is 1.59. The molecular weight excluding hydrogens is 444 g/mol. The van der Waals surface area contributed by atoms with Crippen molar-refractivity contribution in [2.24, 2.45) is 5.16 Å². The van der Waals surface area contributed by atoms with Crippen molar-refractivity contribution >= 4 is 22.1 Å². The second kappa shape index (κ2) is 10.5. The van der Waals surface area contributed by atoms with Gasteiger partial charge in [0.25, 0.3) is 0 Å². The average molecular weight is 465 g/mol. The first kappa shape index (κ1) is 21.4. The van der Waals surface area contributed by atoms with Crippen molar-refractivity contribution < 1.29 is 14.3 Å². The van der Waals surface area contributed by atoms with Crippen LogP contribution < -0.4 is 9.47 Å². The molecule has 0 fully saturated rings. The van der Waals surface area contributed by atoms with Crippen LogP contribution in [0.4, 0.5) is 0 Å². The lowest BCUT2D eigenvalue weighted by Crippen LogP contribution is -2.00. The van der Waals surface area contributed by atoms with Crippen LogP contribution in [0, 0.1) is 18.3 Å². The Labute approximate surface area is 184 Å². The molecule has 0 saturated carbocycles. The Morgan fingerprint density at radius 2 is 1.90 bits per heavy atom. The van der Waals surface area contributed by atoms with Crippen molar-refractivity contribution in [1.29, 1.82) is 5.26 Å². The maximum atomic E-state index is 9.12. The van der Waals surface area contributed by atoms with Crippen molar-refractivity contribution in [1.82, 2.24) is 0 Å². The van der Waals surface area contributed by atoms with E-state index in [4.69, 9.17) is 19.6 Å². The zero-order valence-electron chi connectivity index (χ0n) is 16.8. The molecule has 0 amide bonds. The molecule has 5 nitrogen and oxygen atoms in total. The maximum absolute atomic E-state index is 9.12. The van der Waals surface area contributed by atoms with E-state index in [1.807, 2.05) is 42.5 Å². The highest BCUT2D eigenvalue weighted by Crippen LogP contribution is 2.37. The lowest BCUT2D eigenvalue weighted by Gasteiger charge is -2.13. The minimum absolute atomic E-state index is 0.218. The van der Waals surface area contributed by atoms with Gasteiger partial charge in [-0.15, -0.1) is 0 Å². The first-order chi connectivity index (χ1) is 14.6. The van der Waals surface area contributed by atoms with E-state index in [-0.39, 0.29) is 6.61 Å². The van der Waals surface area contributed by atoms with Gasteiger partial charge in [0, 0.05) is 11.1 Å². The molecule has 0 aliphatic heterocycles. The molecule has 152 valence electrons. The largest absolute Gasteiger partial charge is 0.493 e. The van der Waals surface area contributed by atoms with Crippen LogP contribution in [0.2, 0.25) is 0 Å². The Kier molecular flexibility index (Phi) is 7.47. The number of nitrogens with zero attached hydrogens (tertiary/aromatic N) is 2. The molecule has 0 atom stereocenters. The number of oxime groups is 1. The van der Waals surface area contributed by atoms with E-state index in [0.29, 0.717) is 23.7 Å². The number of methoxy groups -OCH3 is 1. The molecule has 0 spiro atoms. The topological polar surface area (TPSA) is 63.8 Å². The fraction of sp³-hybridized carbons (Fsp3) is 0.167. The summed E-state index contributed by atoms with van der Waals surface area (Å²) >= 11 is 3.55. The Hall–Kier alpha value is -3.30. The zero-order valence-corrected chi connectivity index (χ0v) is 18.3. The van der Waals surface area contributed by atoms with Gasteiger partial charge in [-0.3, -0.25) is 0 Å². The Morgan fingerprint density at radius 1 is 1.07 bits per heavy atom.